The van der Waals surface area contributed by atoms with Gasteiger partial charge in [-0.3, -0.25) is 5.01 Å². The van der Waals surface area contributed by atoms with Crippen LogP contribution >= 0.6 is 0 Å². The maximum atomic E-state index is 4.39. The van der Waals surface area contributed by atoms with E-state index in [-0.39, 0.29) is 5.54 Å². The Balaban J connectivity index is 2.18. The lowest BCUT2D eigenvalue weighted by Crippen LogP contribution is -2.42. The van der Waals surface area contributed by atoms with Gasteiger partial charge in [0.2, 0.25) is 0 Å². The van der Waals surface area contributed by atoms with Crippen LogP contribution in [0.5, 0.6) is 0 Å². The van der Waals surface area contributed by atoms with Gasteiger partial charge in [0.15, 0.2) is 0 Å². The first-order valence-corrected chi connectivity index (χ1v) is 9.09. The normalized spacial score (nSPS) is 22.0. The average molecular weight is 296 g/mol. The van der Waals surface area contributed by atoms with E-state index in [9.17, 15) is 0 Å². The molecule has 0 aliphatic carbocycles. The molecular weight excluding hydrogens is 258 g/mol. The third-order valence-electron chi connectivity index (χ3n) is 4.60. The molecule has 0 fully saturated rings. The van der Waals surface area contributed by atoms with Crippen molar-refractivity contribution in [2.75, 3.05) is 13.1 Å². The Kier molecular flexibility index (Phi) is 8.28. The summed E-state index contributed by atoms with van der Waals surface area (Å²) in [6, 6.07) is 0. The average Bonchev–Trinajstić information content (AvgIpc) is 2.74. The molecule has 0 saturated heterocycles. The summed E-state index contributed by atoms with van der Waals surface area (Å²) < 4.78 is 0. The number of unbranched alkanes of at least 4 members (excludes halogenated alkanes) is 3. The zero-order valence-corrected chi connectivity index (χ0v) is 15.1. The maximum absolute atomic E-state index is 4.39. The van der Waals surface area contributed by atoms with E-state index >= 15 is 0 Å². The van der Waals surface area contributed by atoms with Crippen molar-refractivity contribution in [3.63, 3.8) is 0 Å². The fraction of sp³-hybridized carbons (Fsp3) is 1.00. The van der Waals surface area contributed by atoms with E-state index in [0.717, 1.165) is 24.9 Å². The van der Waals surface area contributed by atoms with Crippen molar-refractivity contribution in [3.05, 3.63) is 0 Å². The molecule has 1 aliphatic rings. The molecule has 0 aromatic carbocycles. The smallest absolute Gasteiger partial charge is 0.0866 e. The Labute approximate surface area is 132 Å². The van der Waals surface area contributed by atoms with Crippen LogP contribution in [0.1, 0.15) is 86.0 Å². The molecule has 124 valence electrons. The first-order chi connectivity index (χ1) is 9.94. The van der Waals surface area contributed by atoms with Gasteiger partial charge in [-0.2, -0.15) is 5.11 Å². The van der Waals surface area contributed by atoms with E-state index in [2.05, 4.69) is 50.0 Å². The first-order valence-electron chi connectivity index (χ1n) is 9.09. The van der Waals surface area contributed by atoms with Crippen LogP contribution in [0.2, 0.25) is 0 Å². The molecule has 1 atom stereocenters. The van der Waals surface area contributed by atoms with Gasteiger partial charge in [0.05, 0.1) is 12.1 Å². The molecule has 0 N–H and O–H groups in total. The summed E-state index contributed by atoms with van der Waals surface area (Å²) in [6.45, 7) is 13.6. The molecule has 0 bridgehead atoms. The lowest BCUT2D eigenvalue weighted by Gasteiger charge is -2.33. The predicted octanol–water partition coefficient (Wildman–Crippen LogP) is 5.86. The topological polar surface area (TPSA) is 28.0 Å². The quantitative estimate of drug-likeness (QED) is 0.439. The van der Waals surface area contributed by atoms with E-state index in [0.29, 0.717) is 0 Å². The highest BCUT2D eigenvalue weighted by Gasteiger charge is 2.34. The minimum Gasteiger partial charge on any atom is -0.271 e. The van der Waals surface area contributed by atoms with Crippen LogP contribution in [0, 0.1) is 11.8 Å². The molecule has 0 aromatic rings. The molecule has 0 radical (unpaired) electrons. The zero-order valence-electron chi connectivity index (χ0n) is 15.1. The van der Waals surface area contributed by atoms with Gasteiger partial charge < -0.3 is 0 Å². The summed E-state index contributed by atoms with van der Waals surface area (Å²) in [6.07, 6.45) is 10.6. The molecule has 1 unspecified atom stereocenters. The third kappa shape index (κ3) is 7.28. The molecular formula is C18H37N3. The van der Waals surface area contributed by atoms with Crippen LogP contribution in [0.25, 0.3) is 0 Å². The molecule has 1 rings (SSSR count). The van der Waals surface area contributed by atoms with Crippen molar-refractivity contribution in [2.45, 2.75) is 91.5 Å². The molecule has 0 aromatic heterocycles. The van der Waals surface area contributed by atoms with E-state index in [1.165, 1.54) is 51.4 Å². The second-order valence-corrected chi connectivity index (χ2v) is 7.89. The predicted molar refractivity (Wildman–Crippen MR) is 91.4 cm³/mol. The Bertz CT molecular complexity index is 299. The highest BCUT2D eigenvalue weighted by Crippen LogP contribution is 2.29. The standard InChI is InChI=1S/C18H37N3/c1-16(2)11-8-6-7-9-14-21-18(5,15-19-20-21)13-10-12-17(3)4/h16-17H,6-15H2,1-5H3. The van der Waals surface area contributed by atoms with Gasteiger partial charge >= 0.3 is 0 Å². The molecule has 0 spiro atoms. The number of hydrogen-bond donors (Lipinski definition) is 0. The van der Waals surface area contributed by atoms with E-state index in [4.69, 9.17) is 0 Å². The molecule has 3 nitrogen and oxygen atoms in total. The van der Waals surface area contributed by atoms with Gasteiger partial charge in [-0.1, -0.05) is 71.4 Å². The van der Waals surface area contributed by atoms with Crippen LogP contribution < -0.4 is 0 Å². The first kappa shape index (κ1) is 18.4. The fourth-order valence-electron chi connectivity index (χ4n) is 3.03. The Morgan fingerprint density at radius 1 is 0.905 bits per heavy atom. The van der Waals surface area contributed by atoms with E-state index < -0.39 is 0 Å². The van der Waals surface area contributed by atoms with Crippen LogP contribution in [-0.4, -0.2) is 23.6 Å². The van der Waals surface area contributed by atoms with Gasteiger partial charge in [0.1, 0.15) is 0 Å². The summed E-state index contributed by atoms with van der Waals surface area (Å²) in [4.78, 5) is 0. The maximum Gasteiger partial charge on any atom is 0.0866 e. The van der Waals surface area contributed by atoms with Gasteiger partial charge in [0.25, 0.3) is 0 Å². The fourth-order valence-corrected chi connectivity index (χ4v) is 3.03. The molecule has 21 heavy (non-hydrogen) atoms. The monoisotopic (exact) mass is 295 g/mol. The summed E-state index contributed by atoms with van der Waals surface area (Å²) >= 11 is 0. The summed E-state index contributed by atoms with van der Waals surface area (Å²) in [5.74, 6) is 1.65. The molecule has 1 heterocycles. The minimum absolute atomic E-state index is 0.187. The highest BCUT2D eigenvalue weighted by atomic mass is 15.6. The third-order valence-corrected chi connectivity index (χ3v) is 4.60. The van der Waals surface area contributed by atoms with Gasteiger partial charge in [-0.25, -0.2) is 0 Å². The van der Waals surface area contributed by atoms with Crippen LogP contribution in [-0.2, 0) is 0 Å². The van der Waals surface area contributed by atoms with E-state index in [1.807, 2.05) is 0 Å². The second-order valence-electron chi connectivity index (χ2n) is 7.89. The van der Waals surface area contributed by atoms with Crippen molar-refractivity contribution in [2.24, 2.45) is 22.2 Å². The van der Waals surface area contributed by atoms with Crippen molar-refractivity contribution in [1.82, 2.24) is 5.01 Å². The van der Waals surface area contributed by atoms with Crippen molar-refractivity contribution < 1.29 is 0 Å². The summed E-state index contributed by atoms with van der Waals surface area (Å²) in [5.41, 5.74) is 0.187. The van der Waals surface area contributed by atoms with Gasteiger partial charge in [-0.15, -0.1) is 0 Å². The highest BCUT2D eigenvalue weighted by molar-refractivity contribution is 4.89. The molecule has 3 heteroatoms. The Morgan fingerprint density at radius 3 is 2.19 bits per heavy atom. The second kappa shape index (κ2) is 9.42. The largest absolute Gasteiger partial charge is 0.271 e. The molecule has 0 amide bonds. The summed E-state index contributed by atoms with van der Waals surface area (Å²) in [7, 11) is 0. The number of hydrogen-bond acceptors (Lipinski definition) is 3. The number of rotatable bonds is 11. The van der Waals surface area contributed by atoms with Gasteiger partial charge in [0, 0.05) is 6.54 Å². The van der Waals surface area contributed by atoms with Crippen molar-refractivity contribution in [3.8, 4) is 0 Å². The van der Waals surface area contributed by atoms with Crippen LogP contribution in [0.15, 0.2) is 10.3 Å². The Hall–Kier alpha value is -0.600. The Morgan fingerprint density at radius 2 is 1.52 bits per heavy atom. The molecule has 0 saturated carbocycles. The summed E-state index contributed by atoms with van der Waals surface area (Å²) in [5, 5.41) is 11.0. The van der Waals surface area contributed by atoms with Crippen LogP contribution in [0.4, 0.5) is 0 Å². The zero-order chi connectivity index (χ0) is 15.7. The van der Waals surface area contributed by atoms with Crippen molar-refractivity contribution in [1.29, 1.82) is 0 Å². The minimum atomic E-state index is 0.187. The van der Waals surface area contributed by atoms with Gasteiger partial charge in [-0.05, 0) is 31.6 Å². The number of nitrogens with zero attached hydrogens (tertiary/aromatic N) is 3. The van der Waals surface area contributed by atoms with Crippen LogP contribution in [0.3, 0.4) is 0 Å². The molecule has 1 aliphatic heterocycles. The lowest BCUT2D eigenvalue weighted by molar-refractivity contribution is 0.127. The van der Waals surface area contributed by atoms with E-state index in [1.54, 1.807) is 0 Å². The van der Waals surface area contributed by atoms with Crippen molar-refractivity contribution >= 4 is 0 Å². The SMILES string of the molecule is CC(C)CCCCCCN1N=NCC1(C)CCCC(C)C. The lowest BCUT2D eigenvalue weighted by atomic mass is 9.92.